The molecule has 0 spiro atoms. The SMILES string of the molecule is O=C1[C@H]2C3c4ccccc4C(c4ccccc43)[C@@H]2C(=O)N1C(CO)(CO)CO. The van der Waals surface area contributed by atoms with E-state index < -0.39 is 49.0 Å². The van der Waals surface area contributed by atoms with Gasteiger partial charge in [-0.2, -0.15) is 0 Å². The molecule has 6 rings (SSSR count). The minimum atomic E-state index is -1.69. The molecule has 3 aliphatic carbocycles. The highest BCUT2D eigenvalue weighted by molar-refractivity contribution is 6.08. The molecule has 2 aromatic rings. The second-order valence-corrected chi connectivity index (χ2v) is 7.98. The maximum absolute atomic E-state index is 13.5. The van der Waals surface area contributed by atoms with Gasteiger partial charge in [0.2, 0.25) is 11.8 Å². The van der Waals surface area contributed by atoms with E-state index in [0.717, 1.165) is 27.2 Å². The van der Waals surface area contributed by atoms with Crippen molar-refractivity contribution in [3.05, 3.63) is 70.8 Å². The van der Waals surface area contributed by atoms with Crippen LogP contribution in [0.1, 0.15) is 34.1 Å². The lowest BCUT2D eigenvalue weighted by Gasteiger charge is -2.45. The van der Waals surface area contributed by atoms with E-state index in [1.165, 1.54) is 0 Å². The third kappa shape index (κ3) is 1.92. The highest BCUT2D eigenvalue weighted by Crippen LogP contribution is 2.61. The molecule has 0 radical (unpaired) electrons. The summed E-state index contributed by atoms with van der Waals surface area (Å²) in [5, 5.41) is 29.5. The first-order valence-electron chi connectivity index (χ1n) is 9.48. The molecule has 144 valence electrons. The molecule has 0 unspecified atom stereocenters. The van der Waals surface area contributed by atoms with E-state index in [2.05, 4.69) is 0 Å². The van der Waals surface area contributed by atoms with Gasteiger partial charge >= 0.3 is 0 Å². The Morgan fingerprint density at radius 2 is 1.00 bits per heavy atom. The number of aliphatic hydroxyl groups excluding tert-OH is 3. The fourth-order valence-electron chi connectivity index (χ4n) is 5.51. The number of aliphatic hydroxyl groups is 3. The van der Waals surface area contributed by atoms with Crippen LogP contribution in [0, 0.1) is 11.8 Å². The number of carbonyl (C=O) groups excluding carboxylic acids is 2. The van der Waals surface area contributed by atoms with E-state index in [-0.39, 0.29) is 11.8 Å². The Kier molecular flexibility index (Phi) is 3.75. The highest BCUT2D eigenvalue weighted by Gasteiger charge is 2.64. The van der Waals surface area contributed by atoms with Crippen molar-refractivity contribution in [2.45, 2.75) is 17.4 Å². The van der Waals surface area contributed by atoms with Crippen LogP contribution in [-0.2, 0) is 9.59 Å². The van der Waals surface area contributed by atoms with E-state index in [1.807, 2.05) is 48.5 Å². The van der Waals surface area contributed by atoms with Crippen LogP contribution < -0.4 is 0 Å². The third-order valence-corrected chi connectivity index (χ3v) is 6.81. The van der Waals surface area contributed by atoms with Crippen molar-refractivity contribution in [2.75, 3.05) is 19.8 Å². The number of nitrogens with zero attached hydrogens (tertiary/aromatic N) is 1. The van der Waals surface area contributed by atoms with E-state index >= 15 is 0 Å². The number of benzene rings is 2. The second kappa shape index (κ2) is 5.98. The molecule has 6 heteroatoms. The first-order valence-corrected chi connectivity index (χ1v) is 9.48. The van der Waals surface area contributed by atoms with Crippen LogP contribution in [0.3, 0.4) is 0 Å². The molecule has 1 heterocycles. The molecular formula is C22H21NO5. The van der Waals surface area contributed by atoms with Crippen molar-refractivity contribution in [1.82, 2.24) is 4.90 Å². The first-order chi connectivity index (χ1) is 13.6. The minimum Gasteiger partial charge on any atom is -0.394 e. The van der Waals surface area contributed by atoms with Crippen molar-refractivity contribution in [1.29, 1.82) is 0 Å². The highest BCUT2D eigenvalue weighted by atomic mass is 16.3. The zero-order chi connectivity index (χ0) is 19.6. The van der Waals surface area contributed by atoms with Gasteiger partial charge in [0.05, 0.1) is 31.7 Å². The summed E-state index contributed by atoms with van der Waals surface area (Å²) in [6, 6.07) is 15.8. The van der Waals surface area contributed by atoms with Crippen LogP contribution in [-0.4, -0.2) is 57.4 Å². The van der Waals surface area contributed by atoms with Crippen LogP contribution in [0.15, 0.2) is 48.5 Å². The lowest BCUT2D eigenvalue weighted by molar-refractivity contribution is -0.155. The number of amides is 2. The van der Waals surface area contributed by atoms with Crippen LogP contribution in [0.5, 0.6) is 0 Å². The molecule has 1 aliphatic heterocycles. The number of hydrogen-bond donors (Lipinski definition) is 3. The number of hydrogen-bond acceptors (Lipinski definition) is 5. The molecule has 2 amide bonds. The summed E-state index contributed by atoms with van der Waals surface area (Å²) >= 11 is 0. The molecule has 3 N–H and O–H groups in total. The summed E-state index contributed by atoms with van der Waals surface area (Å²) in [5.41, 5.74) is 2.52. The van der Waals surface area contributed by atoms with E-state index in [0.29, 0.717) is 0 Å². The smallest absolute Gasteiger partial charge is 0.234 e. The summed E-state index contributed by atoms with van der Waals surface area (Å²) in [5.74, 6) is -2.54. The summed E-state index contributed by atoms with van der Waals surface area (Å²) in [4.78, 5) is 27.9. The van der Waals surface area contributed by atoms with Crippen molar-refractivity contribution in [2.24, 2.45) is 11.8 Å². The maximum atomic E-state index is 13.5. The topological polar surface area (TPSA) is 98.1 Å². The monoisotopic (exact) mass is 379 g/mol. The zero-order valence-corrected chi connectivity index (χ0v) is 15.2. The molecule has 2 bridgehead atoms. The van der Waals surface area contributed by atoms with E-state index in [1.54, 1.807) is 0 Å². The van der Waals surface area contributed by atoms with Gasteiger partial charge in [0.1, 0.15) is 5.54 Å². The van der Waals surface area contributed by atoms with E-state index in [9.17, 15) is 24.9 Å². The van der Waals surface area contributed by atoms with Gasteiger partial charge < -0.3 is 15.3 Å². The maximum Gasteiger partial charge on any atom is 0.234 e. The average Bonchev–Trinajstić information content (AvgIpc) is 3.02. The lowest BCUT2D eigenvalue weighted by atomic mass is 9.55. The Morgan fingerprint density at radius 3 is 1.29 bits per heavy atom. The molecule has 4 aliphatic rings. The molecule has 2 atom stereocenters. The van der Waals surface area contributed by atoms with Crippen LogP contribution in [0.4, 0.5) is 0 Å². The molecule has 0 saturated carbocycles. The van der Waals surface area contributed by atoms with Gasteiger partial charge in [-0.1, -0.05) is 48.5 Å². The standard InChI is InChI=1S/C22H21NO5/c24-9-22(10-25,11-26)23-20(27)18-16-12-5-1-2-6-13(12)17(19(18)21(23)28)15-8-4-3-7-14(15)16/h1-8,16-19,24-26H,9-11H2/t16?,17?,18-,19-/m0/s1. The van der Waals surface area contributed by atoms with Crippen molar-refractivity contribution in [3.63, 3.8) is 0 Å². The second-order valence-electron chi connectivity index (χ2n) is 7.98. The Morgan fingerprint density at radius 1 is 0.679 bits per heavy atom. The molecular weight excluding hydrogens is 358 g/mol. The lowest BCUT2D eigenvalue weighted by Crippen LogP contribution is -2.60. The van der Waals surface area contributed by atoms with Gasteiger partial charge in [0, 0.05) is 11.8 Å². The fourth-order valence-corrected chi connectivity index (χ4v) is 5.51. The Bertz CT molecular complexity index is 859. The summed E-state index contributed by atoms with van der Waals surface area (Å²) in [6.07, 6.45) is 0. The van der Waals surface area contributed by atoms with Gasteiger partial charge in [-0.05, 0) is 22.3 Å². The zero-order valence-electron chi connectivity index (χ0n) is 15.2. The van der Waals surface area contributed by atoms with Crippen LogP contribution in [0.2, 0.25) is 0 Å². The summed E-state index contributed by atoms with van der Waals surface area (Å²) in [6.45, 7) is -2.07. The molecule has 1 fully saturated rings. The Balaban J connectivity index is 1.73. The van der Waals surface area contributed by atoms with Crippen molar-refractivity contribution >= 4 is 11.8 Å². The largest absolute Gasteiger partial charge is 0.394 e. The van der Waals surface area contributed by atoms with Crippen LogP contribution in [0.25, 0.3) is 0 Å². The van der Waals surface area contributed by atoms with Gasteiger partial charge in [-0.15, -0.1) is 0 Å². The minimum absolute atomic E-state index is 0.252. The average molecular weight is 379 g/mol. The fraction of sp³-hybridized carbons (Fsp3) is 0.364. The van der Waals surface area contributed by atoms with Crippen LogP contribution >= 0.6 is 0 Å². The molecule has 6 nitrogen and oxygen atoms in total. The molecule has 2 aromatic carbocycles. The first kappa shape index (κ1) is 17.6. The Hall–Kier alpha value is -2.54. The molecule has 0 aromatic heterocycles. The normalized spacial score (nSPS) is 27.6. The predicted octanol–water partition coefficient (Wildman–Crippen LogP) is 0.594. The number of imide groups is 1. The number of carbonyl (C=O) groups is 2. The van der Waals surface area contributed by atoms with Gasteiger partial charge in [-0.3, -0.25) is 14.5 Å². The van der Waals surface area contributed by atoms with Crippen molar-refractivity contribution < 1.29 is 24.9 Å². The summed E-state index contributed by atoms with van der Waals surface area (Å²) < 4.78 is 0. The van der Waals surface area contributed by atoms with Crippen molar-refractivity contribution in [3.8, 4) is 0 Å². The molecule has 1 saturated heterocycles. The number of likely N-dealkylation sites (tertiary alicyclic amines) is 1. The summed E-state index contributed by atoms with van der Waals surface area (Å²) in [7, 11) is 0. The van der Waals surface area contributed by atoms with Gasteiger partial charge in [0.25, 0.3) is 0 Å². The third-order valence-electron chi connectivity index (χ3n) is 6.81. The van der Waals surface area contributed by atoms with E-state index in [4.69, 9.17) is 0 Å². The quantitative estimate of drug-likeness (QED) is 0.676. The molecule has 28 heavy (non-hydrogen) atoms. The number of rotatable bonds is 4. The van der Waals surface area contributed by atoms with Gasteiger partial charge in [-0.25, -0.2) is 0 Å². The predicted molar refractivity (Wildman–Crippen MR) is 99.4 cm³/mol. The van der Waals surface area contributed by atoms with Gasteiger partial charge in [0.15, 0.2) is 0 Å². The Labute approximate surface area is 162 Å².